The van der Waals surface area contributed by atoms with Crippen LogP contribution >= 0.6 is 0 Å². The van der Waals surface area contributed by atoms with Crippen molar-refractivity contribution >= 4 is 22.0 Å². The lowest BCUT2D eigenvalue weighted by atomic mass is 10.2. The van der Waals surface area contributed by atoms with Crippen molar-refractivity contribution in [3.8, 4) is 5.75 Å². The number of nitrogens with zero attached hydrogens (tertiary/aromatic N) is 1. The number of para-hydroxylation sites is 1. The number of hydrogen-bond acceptors (Lipinski definition) is 6. The molecular weight excluding hydrogens is 392 g/mol. The zero-order chi connectivity index (χ0) is 20.7. The number of nitrogens with one attached hydrogen (secondary N) is 1. The van der Waals surface area contributed by atoms with Gasteiger partial charge in [0.2, 0.25) is 0 Å². The fourth-order valence-corrected chi connectivity index (χ4v) is 3.83. The van der Waals surface area contributed by atoms with Gasteiger partial charge in [-0.25, -0.2) is 13.8 Å². The van der Waals surface area contributed by atoms with Gasteiger partial charge in [-0.2, -0.15) is 5.10 Å². The maximum Gasteiger partial charge on any atom is 0.307 e. The molecule has 0 aliphatic heterocycles. The minimum absolute atomic E-state index is 0.0292. The largest absolute Gasteiger partial charge is 0.493 e. The summed E-state index contributed by atoms with van der Waals surface area (Å²) < 4.78 is 35.7. The van der Waals surface area contributed by atoms with E-state index >= 15 is 0 Å². The van der Waals surface area contributed by atoms with Crippen molar-refractivity contribution in [1.29, 1.82) is 0 Å². The molecule has 0 saturated carbocycles. The minimum atomic E-state index is -3.56. The molecule has 0 radical (unpaired) electrons. The zero-order valence-electron chi connectivity index (χ0n) is 15.7. The Labute approximate surface area is 168 Å². The Bertz CT molecular complexity index is 1100. The second kappa shape index (κ2) is 9.20. The lowest BCUT2D eigenvalue weighted by Crippen LogP contribution is -2.17. The summed E-state index contributed by atoms with van der Waals surface area (Å²) in [5.41, 5.74) is 3.07. The van der Waals surface area contributed by atoms with Crippen LogP contribution in [0, 0.1) is 0 Å². The van der Waals surface area contributed by atoms with Crippen molar-refractivity contribution in [1.82, 2.24) is 5.43 Å². The van der Waals surface area contributed by atoms with E-state index in [1.807, 2.05) is 19.1 Å². The van der Waals surface area contributed by atoms with Crippen LogP contribution in [0.3, 0.4) is 0 Å². The molecular formula is C21H20N2O5S. The van der Waals surface area contributed by atoms with Crippen molar-refractivity contribution in [3.05, 3.63) is 83.8 Å². The maximum absolute atomic E-state index is 12.4. The number of benzene rings is 2. The number of amides is 1. The maximum atomic E-state index is 12.4. The second-order valence-electron chi connectivity index (χ2n) is 6.01. The van der Waals surface area contributed by atoms with E-state index in [1.54, 1.807) is 30.3 Å². The van der Waals surface area contributed by atoms with Crippen molar-refractivity contribution in [3.63, 3.8) is 0 Å². The third-order valence-electron chi connectivity index (χ3n) is 3.91. The topological polar surface area (TPSA) is 98.0 Å². The summed E-state index contributed by atoms with van der Waals surface area (Å²) in [5, 5.41) is 3.91. The summed E-state index contributed by atoms with van der Waals surface area (Å²) in [5.74, 6) is -0.129. The van der Waals surface area contributed by atoms with Gasteiger partial charge in [0.05, 0.1) is 17.7 Å². The van der Waals surface area contributed by atoms with Gasteiger partial charge in [0.15, 0.2) is 15.6 Å². The number of carbonyl (C=O) groups is 1. The lowest BCUT2D eigenvalue weighted by molar-refractivity contribution is 0.0926. The molecule has 0 unspecified atom stereocenters. The van der Waals surface area contributed by atoms with Crippen molar-refractivity contribution in [2.45, 2.75) is 17.6 Å². The van der Waals surface area contributed by atoms with Gasteiger partial charge in [-0.1, -0.05) is 30.3 Å². The third-order valence-corrected chi connectivity index (χ3v) is 5.56. The molecule has 150 valence electrons. The molecule has 0 bridgehead atoms. The summed E-state index contributed by atoms with van der Waals surface area (Å²) in [4.78, 5) is 12.4. The van der Waals surface area contributed by atoms with Crippen LogP contribution < -0.4 is 10.2 Å². The van der Waals surface area contributed by atoms with E-state index in [2.05, 4.69) is 10.5 Å². The van der Waals surface area contributed by atoms with Crippen molar-refractivity contribution < 1.29 is 22.4 Å². The van der Waals surface area contributed by atoms with Gasteiger partial charge in [0.25, 0.3) is 0 Å². The summed E-state index contributed by atoms with van der Waals surface area (Å²) in [6.07, 6.45) is 1.46. The molecule has 0 aliphatic carbocycles. The number of rotatable bonds is 8. The van der Waals surface area contributed by atoms with Gasteiger partial charge in [0.1, 0.15) is 17.3 Å². The highest BCUT2D eigenvalue weighted by Gasteiger charge is 2.19. The lowest BCUT2D eigenvalue weighted by Gasteiger charge is -2.05. The number of hydrogen-bond donors (Lipinski definition) is 1. The highest BCUT2D eigenvalue weighted by atomic mass is 32.2. The fraction of sp³-hybridized carbons (Fsp3) is 0.143. The van der Waals surface area contributed by atoms with E-state index in [-0.39, 0.29) is 22.2 Å². The molecule has 2 aromatic carbocycles. The Morgan fingerprint density at radius 3 is 2.55 bits per heavy atom. The first-order valence-electron chi connectivity index (χ1n) is 8.91. The van der Waals surface area contributed by atoms with Crippen LogP contribution in [0.4, 0.5) is 0 Å². The predicted octanol–water partition coefficient (Wildman–Crippen LogP) is 3.42. The summed E-state index contributed by atoms with van der Waals surface area (Å²) in [6.45, 7) is 2.39. The Hall–Kier alpha value is -3.39. The Kier molecular flexibility index (Phi) is 6.46. The van der Waals surface area contributed by atoms with Crippen LogP contribution in [0.1, 0.15) is 28.8 Å². The molecule has 0 spiro atoms. The van der Waals surface area contributed by atoms with Crippen LogP contribution in [0.25, 0.3) is 0 Å². The average molecular weight is 412 g/mol. The first-order chi connectivity index (χ1) is 14.0. The Morgan fingerprint density at radius 1 is 1.07 bits per heavy atom. The Balaban J connectivity index is 1.64. The van der Waals surface area contributed by atoms with Crippen LogP contribution in [-0.4, -0.2) is 27.1 Å². The smallest absolute Gasteiger partial charge is 0.307 e. The van der Waals surface area contributed by atoms with Crippen LogP contribution in [0.2, 0.25) is 0 Å². The zero-order valence-corrected chi connectivity index (χ0v) is 16.6. The summed E-state index contributed by atoms with van der Waals surface area (Å²) >= 11 is 0. The van der Waals surface area contributed by atoms with Crippen molar-refractivity contribution in [2.24, 2.45) is 5.10 Å². The molecule has 3 rings (SSSR count). The molecule has 0 saturated heterocycles. The van der Waals surface area contributed by atoms with Crippen LogP contribution in [-0.2, 0) is 15.6 Å². The van der Waals surface area contributed by atoms with Crippen LogP contribution in [0.15, 0.2) is 81.1 Å². The molecule has 1 heterocycles. The molecule has 3 aromatic rings. The van der Waals surface area contributed by atoms with E-state index in [0.717, 1.165) is 0 Å². The highest BCUT2D eigenvalue weighted by molar-refractivity contribution is 7.90. The standard InChI is InChI=1S/C21H20N2O5S/c1-2-27-19-11-7-6-8-16(19)14-22-23-21(24)20-13-12-17(28-20)15-29(25,26)18-9-4-3-5-10-18/h3-14H,2,15H2,1H3,(H,23,24)/b22-14-. The summed E-state index contributed by atoms with van der Waals surface area (Å²) in [6, 6.07) is 18.2. The van der Waals surface area contributed by atoms with Crippen LogP contribution in [0.5, 0.6) is 5.75 Å². The van der Waals surface area contributed by atoms with E-state index in [9.17, 15) is 13.2 Å². The molecule has 7 nitrogen and oxygen atoms in total. The Morgan fingerprint density at radius 2 is 1.79 bits per heavy atom. The van der Waals surface area contributed by atoms with Gasteiger partial charge in [0, 0.05) is 5.56 Å². The van der Waals surface area contributed by atoms with Gasteiger partial charge in [-0.05, 0) is 43.3 Å². The quantitative estimate of drug-likeness (QED) is 0.452. The number of sulfone groups is 1. The number of furan rings is 1. The van der Waals surface area contributed by atoms with E-state index in [1.165, 1.54) is 30.5 Å². The van der Waals surface area contributed by atoms with Gasteiger partial charge < -0.3 is 9.15 Å². The highest BCUT2D eigenvalue weighted by Crippen LogP contribution is 2.18. The number of ether oxygens (including phenoxy) is 1. The van der Waals surface area contributed by atoms with Gasteiger partial charge in [-0.3, -0.25) is 4.79 Å². The molecule has 1 aromatic heterocycles. The van der Waals surface area contributed by atoms with E-state index < -0.39 is 15.7 Å². The molecule has 8 heteroatoms. The summed E-state index contributed by atoms with van der Waals surface area (Å²) in [7, 11) is -3.56. The average Bonchev–Trinajstić information content (AvgIpc) is 3.18. The van der Waals surface area contributed by atoms with Crippen molar-refractivity contribution in [2.75, 3.05) is 6.61 Å². The molecule has 1 amide bonds. The fourth-order valence-electron chi connectivity index (χ4n) is 2.57. The first-order valence-corrected chi connectivity index (χ1v) is 10.6. The number of carbonyl (C=O) groups excluding carboxylic acids is 1. The third kappa shape index (κ3) is 5.32. The molecule has 0 aliphatic rings. The number of hydrazone groups is 1. The van der Waals surface area contributed by atoms with E-state index in [0.29, 0.717) is 17.9 Å². The molecule has 0 fully saturated rings. The molecule has 1 N–H and O–H groups in total. The predicted molar refractivity (Wildman–Crippen MR) is 109 cm³/mol. The van der Waals surface area contributed by atoms with Gasteiger partial charge in [-0.15, -0.1) is 0 Å². The monoisotopic (exact) mass is 412 g/mol. The van der Waals surface area contributed by atoms with E-state index in [4.69, 9.17) is 9.15 Å². The van der Waals surface area contributed by atoms with Gasteiger partial charge >= 0.3 is 5.91 Å². The normalized spacial score (nSPS) is 11.5. The minimum Gasteiger partial charge on any atom is -0.493 e. The SMILES string of the molecule is CCOc1ccccc1/C=N\NC(=O)c1ccc(CS(=O)(=O)c2ccccc2)o1. The molecule has 29 heavy (non-hydrogen) atoms. The second-order valence-corrected chi connectivity index (χ2v) is 8.00. The first kappa shape index (κ1) is 20.3. The molecule has 0 atom stereocenters.